The topological polar surface area (TPSA) is 86.0 Å². The molecule has 0 atom stereocenters. The minimum Gasteiger partial charge on any atom is -0.272 e. The summed E-state index contributed by atoms with van der Waals surface area (Å²) < 4.78 is 30.3. The minimum atomic E-state index is -3.68. The summed E-state index contributed by atoms with van der Waals surface area (Å²) in [6, 6.07) is 15.6. The van der Waals surface area contributed by atoms with Crippen LogP contribution < -0.4 is 10.4 Å². The van der Waals surface area contributed by atoms with Crippen molar-refractivity contribution in [1.29, 1.82) is 0 Å². The molecule has 0 radical (unpaired) electrons. The van der Waals surface area contributed by atoms with Gasteiger partial charge in [0.1, 0.15) is 0 Å². The largest absolute Gasteiger partial charge is 0.346 e. The second-order valence-corrected chi connectivity index (χ2v) is 8.85. The van der Waals surface area contributed by atoms with Crippen molar-refractivity contribution < 1.29 is 8.42 Å². The normalized spacial score (nSPS) is 14.3. The fourth-order valence-electron chi connectivity index (χ4n) is 2.99. The Labute approximate surface area is 167 Å². The molecule has 3 aromatic rings. The van der Waals surface area contributed by atoms with Crippen LogP contribution in [0.15, 0.2) is 64.3 Å². The van der Waals surface area contributed by atoms with E-state index in [4.69, 9.17) is 11.6 Å². The van der Waals surface area contributed by atoms with E-state index in [0.717, 1.165) is 18.4 Å². The number of halogens is 1. The fourth-order valence-corrected chi connectivity index (χ4v) is 4.14. The van der Waals surface area contributed by atoms with Crippen LogP contribution in [0.5, 0.6) is 0 Å². The predicted octanol–water partition coefficient (Wildman–Crippen LogP) is 2.68. The van der Waals surface area contributed by atoms with E-state index in [0.29, 0.717) is 10.8 Å². The number of benzene rings is 2. The Bertz CT molecular complexity index is 1130. The molecule has 146 valence electrons. The van der Waals surface area contributed by atoms with Crippen LogP contribution in [0.2, 0.25) is 5.02 Å². The maximum atomic E-state index is 12.8. The van der Waals surface area contributed by atoms with Crippen LogP contribution in [0.4, 0.5) is 0 Å². The van der Waals surface area contributed by atoms with Gasteiger partial charge in [0.15, 0.2) is 5.82 Å². The lowest BCUT2D eigenvalue weighted by molar-refractivity contribution is 0.547. The molecule has 0 amide bonds. The summed E-state index contributed by atoms with van der Waals surface area (Å²) in [5, 5.41) is 4.92. The molecule has 1 fully saturated rings. The highest BCUT2D eigenvalue weighted by molar-refractivity contribution is 7.89. The molecule has 4 rings (SSSR count). The molecule has 28 heavy (non-hydrogen) atoms. The van der Waals surface area contributed by atoms with Gasteiger partial charge in [0.25, 0.3) is 0 Å². The number of aromatic nitrogens is 3. The Kier molecular flexibility index (Phi) is 5.09. The summed E-state index contributed by atoms with van der Waals surface area (Å²) in [5.74, 6) is 0.619. The monoisotopic (exact) mass is 418 g/mol. The van der Waals surface area contributed by atoms with Gasteiger partial charge in [0.05, 0.1) is 11.4 Å². The quantitative estimate of drug-likeness (QED) is 0.639. The molecule has 1 saturated carbocycles. The van der Waals surface area contributed by atoms with Gasteiger partial charge in [0.2, 0.25) is 10.0 Å². The number of hydrogen-bond donors (Lipinski definition) is 1. The summed E-state index contributed by atoms with van der Waals surface area (Å²) in [5.41, 5.74) is 0.652. The lowest BCUT2D eigenvalue weighted by Crippen LogP contribution is -2.32. The summed E-state index contributed by atoms with van der Waals surface area (Å²) in [7, 11) is -3.68. The predicted molar refractivity (Wildman–Crippen MR) is 107 cm³/mol. The molecule has 0 aliphatic heterocycles. The second-order valence-electron chi connectivity index (χ2n) is 6.65. The highest BCUT2D eigenvalue weighted by Crippen LogP contribution is 2.36. The first-order valence-electron chi connectivity index (χ1n) is 8.96. The van der Waals surface area contributed by atoms with E-state index in [2.05, 4.69) is 9.82 Å². The highest BCUT2D eigenvalue weighted by Gasteiger charge is 2.30. The third kappa shape index (κ3) is 3.89. The summed E-state index contributed by atoms with van der Waals surface area (Å²) in [6.45, 7) is 0.200. The molecule has 1 N–H and O–H groups in total. The Morgan fingerprint density at radius 3 is 2.39 bits per heavy atom. The first-order chi connectivity index (χ1) is 13.5. The molecule has 0 spiro atoms. The Hall–Kier alpha value is -2.42. The molecular formula is C19H19ClN4O3S. The van der Waals surface area contributed by atoms with Crippen LogP contribution in [0.25, 0.3) is 11.4 Å². The number of sulfonamides is 1. The molecule has 1 aliphatic carbocycles. The maximum Gasteiger partial charge on any atom is 0.346 e. The zero-order valence-corrected chi connectivity index (χ0v) is 16.5. The number of hydrogen-bond acceptors (Lipinski definition) is 4. The van der Waals surface area contributed by atoms with E-state index in [-0.39, 0.29) is 29.7 Å². The molecule has 0 bridgehead atoms. The Balaban J connectivity index is 1.53. The van der Waals surface area contributed by atoms with Crippen LogP contribution in [-0.2, 0) is 16.6 Å². The van der Waals surface area contributed by atoms with Gasteiger partial charge in [-0.2, -0.15) is 0 Å². The zero-order valence-electron chi connectivity index (χ0n) is 15.0. The summed E-state index contributed by atoms with van der Waals surface area (Å²) in [6.07, 6.45) is 1.91. The third-order valence-corrected chi connectivity index (χ3v) is 6.28. The van der Waals surface area contributed by atoms with Gasteiger partial charge in [-0.05, 0) is 37.1 Å². The average molecular weight is 419 g/mol. The van der Waals surface area contributed by atoms with Crippen molar-refractivity contribution in [3.05, 3.63) is 70.1 Å². The Morgan fingerprint density at radius 1 is 1.07 bits per heavy atom. The Morgan fingerprint density at radius 2 is 1.75 bits per heavy atom. The molecule has 1 aliphatic rings. The van der Waals surface area contributed by atoms with E-state index in [9.17, 15) is 13.2 Å². The van der Waals surface area contributed by atoms with Crippen molar-refractivity contribution in [2.24, 2.45) is 0 Å². The summed E-state index contributed by atoms with van der Waals surface area (Å²) >= 11 is 5.80. The number of rotatable bonds is 7. The molecule has 0 saturated heterocycles. The van der Waals surface area contributed by atoms with Gasteiger partial charge in [-0.25, -0.2) is 22.6 Å². The fraction of sp³-hybridized carbons (Fsp3) is 0.263. The molecule has 1 aromatic heterocycles. The van der Waals surface area contributed by atoms with E-state index >= 15 is 0 Å². The van der Waals surface area contributed by atoms with Crippen molar-refractivity contribution in [2.75, 3.05) is 6.54 Å². The van der Waals surface area contributed by atoms with Crippen LogP contribution in [0, 0.1) is 0 Å². The first-order valence-corrected chi connectivity index (χ1v) is 10.8. The summed E-state index contributed by atoms with van der Waals surface area (Å²) in [4.78, 5) is 12.9. The van der Waals surface area contributed by atoms with E-state index < -0.39 is 10.0 Å². The number of nitrogens with one attached hydrogen (secondary N) is 1. The second kappa shape index (κ2) is 7.54. The highest BCUT2D eigenvalue weighted by atomic mass is 35.5. The average Bonchev–Trinajstić information content (AvgIpc) is 3.47. The molecule has 9 heteroatoms. The van der Waals surface area contributed by atoms with Gasteiger partial charge in [-0.1, -0.05) is 41.9 Å². The lowest BCUT2D eigenvalue weighted by atomic mass is 10.2. The van der Waals surface area contributed by atoms with Crippen molar-refractivity contribution in [1.82, 2.24) is 19.1 Å². The van der Waals surface area contributed by atoms with Crippen LogP contribution in [0.1, 0.15) is 18.9 Å². The van der Waals surface area contributed by atoms with Crippen LogP contribution >= 0.6 is 11.6 Å². The standard InChI is InChI=1S/C19H19ClN4O3S/c20-15-6-10-17(11-7-15)28(26,27)21-12-13-23-19(25)24(16-8-9-16)18(22-23)14-4-2-1-3-5-14/h1-7,10-11,16,21H,8-9,12-13H2. The van der Waals surface area contributed by atoms with Crippen molar-refractivity contribution >= 4 is 21.6 Å². The van der Waals surface area contributed by atoms with Crippen LogP contribution in [0.3, 0.4) is 0 Å². The zero-order chi connectivity index (χ0) is 19.7. The molecular weight excluding hydrogens is 400 g/mol. The minimum absolute atomic E-state index is 0.0563. The van der Waals surface area contributed by atoms with Crippen molar-refractivity contribution in [3.8, 4) is 11.4 Å². The number of nitrogens with zero attached hydrogens (tertiary/aromatic N) is 3. The van der Waals surface area contributed by atoms with Crippen molar-refractivity contribution in [3.63, 3.8) is 0 Å². The van der Waals surface area contributed by atoms with Gasteiger partial charge in [-0.15, -0.1) is 5.10 Å². The van der Waals surface area contributed by atoms with Gasteiger partial charge >= 0.3 is 5.69 Å². The molecule has 1 heterocycles. The van der Waals surface area contributed by atoms with Gasteiger partial charge in [-0.3, -0.25) is 4.57 Å². The maximum absolute atomic E-state index is 12.8. The first kappa shape index (κ1) is 18.9. The van der Waals surface area contributed by atoms with Crippen molar-refractivity contribution in [2.45, 2.75) is 30.3 Å². The smallest absolute Gasteiger partial charge is 0.272 e. The van der Waals surface area contributed by atoms with Crippen LogP contribution in [-0.4, -0.2) is 29.3 Å². The molecule has 2 aromatic carbocycles. The van der Waals surface area contributed by atoms with E-state index in [1.54, 1.807) is 4.57 Å². The van der Waals surface area contributed by atoms with Gasteiger partial charge < -0.3 is 0 Å². The van der Waals surface area contributed by atoms with E-state index in [1.165, 1.54) is 28.9 Å². The third-order valence-electron chi connectivity index (χ3n) is 4.55. The SMILES string of the molecule is O=c1n(CCNS(=O)(=O)c2ccc(Cl)cc2)nc(-c2ccccc2)n1C1CC1. The lowest BCUT2D eigenvalue weighted by Gasteiger charge is -2.06. The van der Waals surface area contributed by atoms with E-state index in [1.807, 2.05) is 30.3 Å². The molecule has 7 nitrogen and oxygen atoms in total. The molecule has 0 unspecified atom stereocenters. The van der Waals surface area contributed by atoms with Gasteiger partial charge in [0, 0.05) is 23.2 Å².